The molecule has 0 aromatic rings. The van der Waals surface area contributed by atoms with Gasteiger partial charge >= 0.3 is 0 Å². The van der Waals surface area contributed by atoms with Crippen LogP contribution in [0.4, 0.5) is 0 Å². The van der Waals surface area contributed by atoms with Crippen molar-refractivity contribution < 1.29 is 4.74 Å². The van der Waals surface area contributed by atoms with E-state index in [9.17, 15) is 0 Å². The molecule has 0 radical (unpaired) electrons. The molecule has 0 bridgehead atoms. The van der Waals surface area contributed by atoms with Crippen LogP contribution in [0.25, 0.3) is 0 Å². The maximum Gasteiger partial charge on any atom is 0.129 e. The second-order valence-electron chi connectivity index (χ2n) is 2.08. The van der Waals surface area contributed by atoms with Gasteiger partial charge in [-0.15, -0.1) is 11.8 Å². The van der Waals surface area contributed by atoms with Crippen molar-refractivity contribution in [3.8, 4) is 0 Å². The fraction of sp³-hybridized carbons (Fsp3) is 1.00. The molecule has 0 amide bonds. The van der Waals surface area contributed by atoms with E-state index in [2.05, 4.69) is 13.8 Å². The largest absolute Gasteiger partial charge is 0.358 e. The van der Waals surface area contributed by atoms with E-state index in [-0.39, 0.29) is 0 Å². The summed E-state index contributed by atoms with van der Waals surface area (Å²) in [6.45, 7) is 4.31. The molecule has 2 atom stereocenters. The molecule has 0 saturated carbocycles. The van der Waals surface area contributed by atoms with Gasteiger partial charge in [0.15, 0.2) is 0 Å². The summed E-state index contributed by atoms with van der Waals surface area (Å²) in [5.41, 5.74) is 0.537. The number of thioether (sulfide) groups is 1. The smallest absolute Gasteiger partial charge is 0.129 e. The first kappa shape index (κ1) is 6.43. The minimum atomic E-state index is 0.534. The normalized spacial score (nSPS) is 35.2. The molecule has 1 aliphatic rings. The molecule has 1 aliphatic heterocycles. The molecule has 2 heteroatoms. The predicted octanol–water partition coefficient (Wildman–Crippen LogP) is 1.87. The van der Waals surface area contributed by atoms with Gasteiger partial charge in [0.1, 0.15) is 5.44 Å². The SMILES string of the molecule is CCCSC1OC1C. The van der Waals surface area contributed by atoms with Crippen LogP contribution in [0.1, 0.15) is 20.3 Å². The highest BCUT2D eigenvalue weighted by molar-refractivity contribution is 8.00. The summed E-state index contributed by atoms with van der Waals surface area (Å²) in [6.07, 6.45) is 1.80. The van der Waals surface area contributed by atoms with Gasteiger partial charge in [0, 0.05) is 0 Å². The van der Waals surface area contributed by atoms with E-state index >= 15 is 0 Å². The van der Waals surface area contributed by atoms with Gasteiger partial charge in [-0.1, -0.05) is 6.92 Å². The first-order valence-corrected chi connectivity index (χ1v) is 4.16. The average molecular weight is 132 g/mol. The molecular weight excluding hydrogens is 120 g/mol. The van der Waals surface area contributed by atoms with E-state index in [4.69, 9.17) is 4.74 Å². The number of hydrogen-bond acceptors (Lipinski definition) is 2. The molecule has 2 unspecified atom stereocenters. The van der Waals surface area contributed by atoms with Gasteiger partial charge in [-0.25, -0.2) is 0 Å². The standard InChI is InChI=1S/C6H12OS/c1-3-4-8-6-5(2)7-6/h5-6H,3-4H2,1-2H3. The lowest BCUT2D eigenvalue weighted by atomic mass is 10.6. The van der Waals surface area contributed by atoms with Gasteiger partial charge in [0.25, 0.3) is 0 Å². The molecule has 1 fully saturated rings. The topological polar surface area (TPSA) is 12.5 Å². The van der Waals surface area contributed by atoms with Gasteiger partial charge in [-0.05, 0) is 19.1 Å². The van der Waals surface area contributed by atoms with Crippen LogP contribution in [-0.4, -0.2) is 17.3 Å². The van der Waals surface area contributed by atoms with Gasteiger partial charge in [0.05, 0.1) is 6.10 Å². The van der Waals surface area contributed by atoms with Crippen molar-refractivity contribution in [1.82, 2.24) is 0 Å². The molecule has 0 aliphatic carbocycles. The molecule has 0 N–H and O–H groups in total. The molecule has 8 heavy (non-hydrogen) atoms. The van der Waals surface area contributed by atoms with E-state index in [1.807, 2.05) is 11.8 Å². The van der Waals surface area contributed by atoms with E-state index in [0.29, 0.717) is 11.5 Å². The summed E-state index contributed by atoms with van der Waals surface area (Å²) in [5.74, 6) is 1.25. The number of hydrogen-bond donors (Lipinski definition) is 0. The van der Waals surface area contributed by atoms with Gasteiger partial charge in [-0.2, -0.15) is 0 Å². The Labute approximate surface area is 54.8 Å². The molecule has 1 saturated heterocycles. The van der Waals surface area contributed by atoms with Crippen molar-refractivity contribution in [1.29, 1.82) is 0 Å². The van der Waals surface area contributed by atoms with Crippen molar-refractivity contribution >= 4 is 11.8 Å². The summed E-state index contributed by atoms with van der Waals surface area (Å²) in [5, 5.41) is 0. The second-order valence-corrected chi connectivity index (χ2v) is 3.29. The Balaban J connectivity index is 1.89. The van der Waals surface area contributed by atoms with Crippen LogP contribution in [0, 0.1) is 0 Å². The van der Waals surface area contributed by atoms with Crippen LogP contribution >= 0.6 is 11.8 Å². The molecule has 0 spiro atoms. The summed E-state index contributed by atoms with van der Waals surface area (Å²) in [4.78, 5) is 0. The molecule has 0 aromatic carbocycles. The lowest BCUT2D eigenvalue weighted by molar-refractivity contribution is 0.413. The van der Waals surface area contributed by atoms with Crippen molar-refractivity contribution in [2.75, 3.05) is 5.75 Å². The highest BCUT2D eigenvalue weighted by atomic mass is 32.2. The first-order valence-electron chi connectivity index (χ1n) is 3.11. The van der Waals surface area contributed by atoms with Crippen LogP contribution in [0.2, 0.25) is 0 Å². The zero-order valence-electron chi connectivity index (χ0n) is 5.39. The van der Waals surface area contributed by atoms with E-state index in [1.54, 1.807) is 0 Å². The fourth-order valence-corrected chi connectivity index (χ4v) is 1.57. The Hall–Kier alpha value is 0.310. The molecule has 48 valence electrons. The minimum Gasteiger partial charge on any atom is -0.358 e. The van der Waals surface area contributed by atoms with Crippen LogP contribution in [0.3, 0.4) is 0 Å². The van der Waals surface area contributed by atoms with Crippen LogP contribution in [-0.2, 0) is 4.74 Å². The average Bonchev–Trinajstić information content (AvgIpc) is 2.42. The Morgan fingerprint density at radius 1 is 1.62 bits per heavy atom. The fourth-order valence-electron chi connectivity index (χ4n) is 0.575. The van der Waals surface area contributed by atoms with Crippen molar-refractivity contribution in [2.45, 2.75) is 31.8 Å². The monoisotopic (exact) mass is 132 g/mol. The Morgan fingerprint density at radius 3 is 2.62 bits per heavy atom. The summed E-state index contributed by atoms with van der Waals surface area (Å²) in [6, 6.07) is 0. The number of ether oxygens (including phenoxy) is 1. The Bertz CT molecular complexity index is 74.9. The van der Waals surface area contributed by atoms with Crippen molar-refractivity contribution in [3.05, 3.63) is 0 Å². The Morgan fingerprint density at radius 2 is 2.25 bits per heavy atom. The third-order valence-electron chi connectivity index (χ3n) is 1.14. The van der Waals surface area contributed by atoms with E-state index in [0.717, 1.165) is 0 Å². The summed E-state index contributed by atoms with van der Waals surface area (Å²) < 4.78 is 5.18. The minimum absolute atomic E-state index is 0.534. The maximum absolute atomic E-state index is 5.18. The Kier molecular flexibility index (Phi) is 2.20. The van der Waals surface area contributed by atoms with Crippen molar-refractivity contribution in [2.24, 2.45) is 0 Å². The maximum atomic E-state index is 5.18. The van der Waals surface area contributed by atoms with Crippen LogP contribution in [0.15, 0.2) is 0 Å². The predicted molar refractivity (Wildman–Crippen MR) is 37.1 cm³/mol. The number of rotatable bonds is 3. The highest BCUT2D eigenvalue weighted by Crippen LogP contribution is 2.32. The van der Waals surface area contributed by atoms with Gasteiger partial charge in [0.2, 0.25) is 0 Å². The third-order valence-corrected chi connectivity index (χ3v) is 2.61. The van der Waals surface area contributed by atoms with Crippen LogP contribution < -0.4 is 0 Å². The summed E-state index contributed by atoms with van der Waals surface area (Å²) in [7, 11) is 0. The number of epoxide rings is 1. The zero-order valence-corrected chi connectivity index (χ0v) is 6.20. The van der Waals surface area contributed by atoms with Crippen molar-refractivity contribution in [3.63, 3.8) is 0 Å². The lowest BCUT2D eigenvalue weighted by Crippen LogP contribution is -1.82. The highest BCUT2D eigenvalue weighted by Gasteiger charge is 2.33. The van der Waals surface area contributed by atoms with Gasteiger partial charge in [-0.3, -0.25) is 0 Å². The van der Waals surface area contributed by atoms with Gasteiger partial charge < -0.3 is 4.74 Å². The van der Waals surface area contributed by atoms with Crippen LogP contribution in [0.5, 0.6) is 0 Å². The van der Waals surface area contributed by atoms with E-state index in [1.165, 1.54) is 12.2 Å². The molecule has 1 nitrogen and oxygen atoms in total. The summed E-state index contributed by atoms with van der Waals surface area (Å²) >= 11 is 1.93. The quantitative estimate of drug-likeness (QED) is 0.544. The molecule has 1 rings (SSSR count). The third kappa shape index (κ3) is 1.67. The zero-order chi connectivity index (χ0) is 5.98. The first-order chi connectivity index (χ1) is 3.84. The molecule has 1 heterocycles. The van der Waals surface area contributed by atoms with E-state index < -0.39 is 0 Å². The molecule has 0 aromatic heterocycles. The molecular formula is C6H12OS. The lowest BCUT2D eigenvalue weighted by Gasteiger charge is -1.88. The second kappa shape index (κ2) is 2.74.